The maximum Gasteiger partial charge on any atom is 0.264 e. The molecule has 0 aliphatic heterocycles. The number of pyridine rings is 1. The predicted octanol–water partition coefficient (Wildman–Crippen LogP) is 3.94. The van der Waals surface area contributed by atoms with E-state index in [4.69, 9.17) is 21.6 Å². The van der Waals surface area contributed by atoms with Crippen LogP contribution in [0.5, 0.6) is 5.75 Å². The Morgan fingerprint density at radius 2 is 2.09 bits per heavy atom. The van der Waals surface area contributed by atoms with E-state index in [1.165, 1.54) is 6.07 Å². The van der Waals surface area contributed by atoms with Gasteiger partial charge in [0, 0.05) is 5.56 Å². The van der Waals surface area contributed by atoms with E-state index in [0.717, 1.165) is 4.57 Å². The van der Waals surface area contributed by atoms with Crippen LogP contribution in [0.4, 0.5) is 8.78 Å². The Morgan fingerprint density at radius 3 is 2.70 bits per heavy atom. The number of halogens is 4. The van der Waals surface area contributed by atoms with Crippen LogP contribution in [0, 0.1) is 14.9 Å². The van der Waals surface area contributed by atoms with E-state index in [1.807, 2.05) is 6.07 Å². The predicted molar refractivity (Wildman–Crippen MR) is 91.0 cm³/mol. The average Bonchev–Trinajstić information content (AvgIpc) is 2.50. The van der Waals surface area contributed by atoms with Crippen molar-refractivity contribution in [2.45, 2.75) is 13.0 Å². The SMILES string of the molecule is N#CCOc1ccc(-c2ccc(I)c(=O)n2CC(F)F)c(Cl)c1. The molecule has 0 amide bonds. The normalized spacial score (nSPS) is 10.6. The Hall–Kier alpha value is -1.66. The number of rotatable bonds is 5. The van der Waals surface area contributed by atoms with Gasteiger partial charge in [-0.3, -0.25) is 4.79 Å². The summed E-state index contributed by atoms with van der Waals surface area (Å²) in [7, 11) is 0. The first kappa shape index (κ1) is 17.7. The van der Waals surface area contributed by atoms with Crippen molar-refractivity contribution in [2.24, 2.45) is 0 Å². The fraction of sp³-hybridized carbons (Fsp3) is 0.200. The zero-order valence-corrected chi connectivity index (χ0v) is 14.5. The molecule has 0 unspecified atom stereocenters. The molecule has 0 fully saturated rings. The van der Waals surface area contributed by atoms with E-state index in [2.05, 4.69) is 0 Å². The first-order valence-electron chi connectivity index (χ1n) is 6.41. The molecule has 0 bridgehead atoms. The van der Waals surface area contributed by atoms with Crippen molar-refractivity contribution in [3.63, 3.8) is 0 Å². The van der Waals surface area contributed by atoms with Crippen molar-refractivity contribution < 1.29 is 13.5 Å². The maximum absolute atomic E-state index is 12.8. The van der Waals surface area contributed by atoms with Crippen LogP contribution >= 0.6 is 34.2 Å². The van der Waals surface area contributed by atoms with Crippen LogP contribution < -0.4 is 10.3 Å². The average molecular weight is 451 g/mol. The molecule has 2 rings (SSSR count). The number of hydrogen-bond donors (Lipinski definition) is 0. The van der Waals surface area contributed by atoms with Gasteiger partial charge in [-0.25, -0.2) is 8.78 Å². The summed E-state index contributed by atoms with van der Waals surface area (Å²) in [5.74, 6) is 0.383. The molecule has 0 aliphatic carbocycles. The van der Waals surface area contributed by atoms with Gasteiger partial charge in [-0.2, -0.15) is 5.26 Å². The van der Waals surface area contributed by atoms with Crippen LogP contribution in [0.15, 0.2) is 35.1 Å². The van der Waals surface area contributed by atoms with Gasteiger partial charge in [0.1, 0.15) is 11.8 Å². The number of nitrogens with zero attached hydrogens (tertiary/aromatic N) is 2. The molecular formula is C15H10ClF2IN2O2. The van der Waals surface area contributed by atoms with Crippen molar-refractivity contribution in [3.05, 3.63) is 49.3 Å². The van der Waals surface area contributed by atoms with Crippen molar-refractivity contribution in [2.75, 3.05) is 6.61 Å². The van der Waals surface area contributed by atoms with Gasteiger partial charge >= 0.3 is 0 Å². The van der Waals surface area contributed by atoms with Gasteiger partial charge in [0.05, 0.1) is 20.8 Å². The highest BCUT2D eigenvalue weighted by molar-refractivity contribution is 14.1. The molecule has 0 spiro atoms. The van der Waals surface area contributed by atoms with E-state index in [0.29, 0.717) is 20.6 Å². The van der Waals surface area contributed by atoms with Crippen LogP contribution in [0.25, 0.3) is 11.3 Å². The quantitative estimate of drug-likeness (QED) is 0.649. The van der Waals surface area contributed by atoms with Crippen molar-refractivity contribution >= 4 is 34.2 Å². The molecule has 4 nitrogen and oxygen atoms in total. The number of ether oxygens (including phenoxy) is 1. The smallest absolute Gasteiger partial charge is 0.264 e. The number of alkyl halides is 2. The number of aromatic nitrogens is 1. The summed E-state index contributed by atoms with van der Waals surface area (Å²) in [4.78, 5) is 12.1. The van der Waals surface area contributed by atoms with E-state index >= 15 is 0 Å². The topological polar surface area (TPSA) is 55.0 Å². The Balaban J connectivity index is 2.52. The van der Waals surface area contributed by atoms with E-state index in [9.17, 15) is 13.6 Å². The third kappa shape index (κ3) is 4.20. The van der Waals surface area contributed by atoms with Crippen LogP contribution in [-0.2, 0) is 6.54 Å². The second-order valence-electron chi connectivity index (χ2n) is 4.46. The first-order valence-corrected chi connectivity index (χ1v) is 7.87. The van der Waals surface area contributed by atoms with Crippen molar-refractivity contribution in [1.29, 1.82) is 5.26 Å². The highest BCUT2D eigenvalue weighted by atomic mass is 127. The number of nitriles is 1. The molecule has 1 heterocycles. The molecule has 0 N–H and O–H groups in total. The maximum atomic E-state index is 12.8. The molecule has 0 radical (unpaired) electrons. The zero-order valence-electron chi connectivity index (χ0n) is 11.6. The summed E-state index contributed by atoms with van der Waals surface area (Å²) in [5.41, 5.74) is 0.238. The molecule has 23 heavy (non-hydrogen) atoms. The summed E-state index contributed by atoms with van der Waals surface area (Å²) in [6, 6.07) is 9.56. The van der Waals surface area contributed by atoms with Gasteiger partial charge in [0.2, 0.25) is 0 Å². The van der Waals surface area contributed by atoms with Gasteiger partial charge in [0.25, 0.3) is 12.0 Å². The zero-order chi connectivity index (χ0) is 17.0. The summed E-state index contributed by atoms with van der Waals surface area (Å²) in [6.45, 7) is -0.844. The van der Waals surface area contributed by atoms with Crippen LogP contribution in [0.2, 0.25) is 5.02 Å². The fourth-order valence-corrected chi connectivity index (χ4v) is 2.75. The van der Waals surface area contributed by atoms with Crippen LogP contribution in [-0.4, -0.2) is 17.6 Å². The molecule has 120 valence electrons. The largest absolute Gasteiger partial charge is 0.479 e. The van der Waals surface area contributed by atoms with Gasteiger partial charge in [-0.05, 0) is 52.9 Å². The molecule has 1 aromatic heterocycles. The monoisotopic (exact) mass is 450 g/mol. The highest BCUT2D eigenvalue weighted by Gasteiger charge is 2.16. The Bertz CT molecular complexity index is 818. The van der Waals surface area contributed by atoms with Crippen LogP contribution in [0.1, 0.15) is 0 Å². The summed E-state index contributed by atoms with van der Waals surface area (Å²) >= 11 is 7.98. The minimum absolute atomic E-state index is 0.130. The highest BCUT2D eigenvalue weighted by Crippen LogP contribution is 2.31. The molecular weight excluding hydrogens is 441 g/mol. The summed E-state index contributed by atoms with van der Waals surface area (Å²) in [6.07, 6.45) is -2.67. The van der Waals surface area contributed by atoms with Crippen molar-refractivity contribution in [3.8, 4) is 23.1 Å². The molecule has 0 saturated heterocycles. The third-order valence-corrected chi connectivity index (χ3v) is 4.10. The second-order valence-corrected chi connectivity index (χ2v) is 6.03. The number of benzene rings is 1. The third-order valence-electron chi connectivity index (χ3n) is 2.97. The molecule has 0 saturated carbocycles. The Kier molecular flexibility index (Phi) is 5.96. The van der Waals surface area contributed by atoms with E-state index in [-0.39, 0.29) is 11.6 Å². The molecule has 0 atom stereocenters. The standard InChI is InChI=1S/C15H10ClF2IN2O2/c16-11-7-9(23-6-5-20)1-2-10(11)13-4-3-12(19)15(22)21(13)8-14(17)18/h1-4,7,14H,6,8H2. The molecule has 8 heteroatoms. The van der Waals surface area contributed by atoms with Gasteiger partial charge in [-0.1, -0.05) is 11.6 Å². The summed E-state index contributed by atoms with van der Waals surface area (Å²) in [5, 5.41) is 8.73. The first-order chi connectivity index (χ1) is 10.9. The van der Waals surface area contributed by atoms with Crippen molar-refractivity contribution in [1.82, 2.24) is 4.57 Å². The van der Waals surface area contributed by atoms with E-state index < -0.39 is 18.5 Å². The molecule has 0 aliphatic rings. The lowest BCUT2D eigenvalue weighted by Crippen LogP contribution is -2.26. The Morgan fingerprint density at radius 1 is 1.35 bits per heavy atom. The summed E-state index contributed by atoms with van der Waals surface area (Å²) < 4.78 is 32.0. The fourth-order valence-electron chi connectivity index (χ4n) is 2.02. The van der Waals surface area contributed by atoms with Crippen LogP contribution in [0.3, 0.4) is 0 Å². The lowest BCUT2D eigenvalue weighted by molar-refractivity contribution is 0.125. The van der Waals surface area contributed by atoms with Gasteiger partial charge < -0.3 is 9.30 Å². The second kappa shape index (κ2) is 7.75. The van der Waals surface area contributed by atoms with Gasteiger partial charge in [0.15, 0.2) is 6.61 Å². The molecule has 2 aromatic rings. The van der Waals surface area contributed by atoms with E-state index in [1.54, 1.807) is 46.9 Å². The lowest BCUT2D eigenvalue weighted by Gasteiger charge is -2.15. The lowest BCUT2D eigenvalue weighted by atomic mass is 10.1. The number of hydrogen-bond acceptors (Lipinski definition) is 3. The minimum Gasteiger partial charge on any atom is -0.479 e. The molecule has 1 aromatic carbocycles. The van der Waals surface area contributed by atoms with Gasteiger partial charge in [-0.15, -0.1) is 0 Å². The Labute approximate surface area is 149 Å². The minimum atomic E-state index is -2.67.